The number of benzene rings is 2. The van der Waals surface area contributed by atoms with Crippen molar-refractivity contribution in [2.45, 2.75) is 19.9 Å². The second kappa shape index (κ2) is 23.9. The lowest BCUT2D eigenvalue weighted by atomic mass is 10.1. The van der Waals surface area contributed by atoms with E-state index < -0.39 is 6.03 Å². The van der Waals surface area contributed by atoms with Crippen LogP contribution in [-0.4, -0.2) is 110 Å². The van der Waals surface area contributed by atoms with Crippen molar-refractivity contribution in [2.24, 2.45) is 11.0 Å². The van der Waals surface area contributed by atoms with Gasteiger partial charge in [0.1, 0.15) is 0 Å². The van der Waals surface area contributed by atoms with Gasteiger partial charge in [-0.1, -0.05) is 23.3 Å². The summed E-state index contributed by atoms with van der Waals surface area (Å²) in [7, 11) is 0. The molecule has 268 valence electrons. The van der Waals surface area contributed by atoms with Gasteiger partial charge in [0.05, 0.1) is 72.0 Å². The number of hydrogen-bond acceptors (Lipinski definition) is 10. The fraction of sp³-hybridized carbons (Fsp3) is 0.545. The summed E-state index contributed by atoms with van der Waals surface area (Å²) in [4.78, 5) is 40.3. The molecule has 0 aromatic heterocycles. The number of rotatable bonds is 24. The minimum atomic E-state index is -0.440. The minimum absolute atomic E-state index is 0.0149. The maximum atomic E-state index is 12.8. The van der Waals surface area contributed by atoms with Gasteiger partial charge < -0.3 is 50.3 Å². The Morgan fingerprint density at radius 2 is 1.47 bits per heavy atom. The van der Waals surface area contributed by atoms with Crippen LogP contribution in [-0.2, 0) is 35.0 Å². The molecule has 3 rings (SSSR count). The SMILES string of the molecule is Cc1c(NC(=O)Nc2ccc(CNC(=O)[C@H]3CCNC3)cc2)cccc1C(=O)NCCOCCOCCOCCOCCOCCN=[N+]=[N-]. The van der Waals surface area contributed by atoms with Crippen LogP contribution in [0.5, 0.6) is 0 Å². The minimum Gasteiger partial charge on any atom is -0.379 e. The molecule has 1 atom stereocenters. The first-order valence-corrected chi connectivity index (χ1v) is 16.4. The van der Waals surface area contributed by atoms with E-state index in [0.29, 0.717) is 115 Å². The van der Waals surface area contributed by atoms with Crippen LogP contribution in [0, 0.1) is 12.8 Å². The summed E-state index contributed by atoms with van der Waals surface area (Å²) >= 11 is 0. The molecule has 0 unspecified atom stereocenters. The Morgan fingerprint density at radius 1 is 0.837 bits per heavy atom. The quantitative estimate of drug-likeness (QED) is 0.0476. The number of amides is 4. The summed E-state index contributed by atoms with van der Waals surface area (Å²) in [6.07, 6.45) is 0.850. The molecule has 1 heterocycles. The molecule has 5 N–H and O–H groups in total. The van der Waals surface area contributed by atoms with E-state index in [1.165, 1.54) is 0 Å². The molecule has 0 aliphatic carbocycles. The summed E-state index contributed by atoms with van der Waals surface area (Å²) in [6, 6.07) is 11.9. The molecule has 0 bridgehead atoms. The van der Waals surface area contributed by atoms with Crippen LogP contribution in [0.1, 0.15) is 27.9 Å². The third-order valence-electron chi connectivity index (χ3n) is 7.36. The molecule has 16 heteroatoms. The van der Waals surface area contributed by atoms with E-state index >= 15 is 0 Å². The van der Waals surface area contributed by atoms with E-state index in [-0.39, 0.29) is 17.7 Å². The zero-order chi connectivity index (χ0) is 34.9. The fourth-order valence-electron chi connectivity index (χ4n) is 4.68. The second-order valence-corrected chi connectivity index (χ2v) is 10.9. The van der Waals surface area contributed by atoms with Gasteiger partial charge >= 0.3 is 6.03 Å². The van der Waals surface area contributed by atoms with Gasteiger partial charge in [-0.15, -0.1) is 0 Å². The van der Waals surface area contributed by atoms with E-state index in [4.69, 9.17) is 29.2 Å². The van der Waals surface area contributed by atoms with Crippen LogP contribution in [0.25, 0.3) is 10.4 Å². The number of hydrogen-bond donors (Lipinski definition) is 5. The highest BCUT2D eigenvalue weighted by Crippen LogP contribution is 2.20. The van der Waals surface area contributed by atoms with Crippen molar-refractivity contribution >= 4 is 29.2 Å². The predicted molar refractivity (Wildman–Crippen MR) is 184 cm³/mol. The monoisotopic (exact) mass is 684 g/mol. The molecule has 1 aliphatic rings. The molecule has 1 saturated heterocycles. The summed E-state index contributed by atoms with van der Waals surface area (Å²) in [6.45, 7) is 8.49. The Hall–Kier alpha value is -4.28. The summed E-state index contributed by atoms with van der Waals surface area (Å²) < 4.78 is 27.0. The molecule has 0 spiro atoms. The average Bonchev–Trinajstić information content (AvgIpc) is 3.65. The zero-order valence-electron chi connectivity index (χ0n) is 28.0. The second-order valence-electron chi connectivity index (χ2n) is 10.9. The van der Waals surface area contributed by atoms with Crippen molar-refractivity contribution < 1.29 is 38.1 Å². The number of urea groups is 1. The van der Waals surface area contributed by atoms with Gasteiger partial charge in [0.2, 0.25) is 5.91 Å². The fourth-order valence-corrected chi connectivity index (χ4v) is 4.68. The largest absolute Gasteiger partial charge is 0.379 e. The van der Waals surface area contributed by atoms with Gasteiger partial charge in [-0.05, 0) is 60.8 Å². The Labute approximate surface area is 286 Å². The number of carbonyl (C=O) groups is 3. The van der Waals surface area contributed by atoms with Gasteiger partial charge in [0.25, 0.3) is 5.91 Å². The predicted octanol–water partition coefficient (Wildman–Crippen LogP) is 2.99. The first kappa shape index (κ1) is 39.2. The average molecular weight is 685 g/mol. The van der Waals surface area contributed by atoms with Gasteiger partial charge in [0.15, 0.2) is 0 Å². The first-order valence-electron chi connectivity index (χ1n) is 16.4. The molecule has 1 aliphatic heterocycles. The maximum Gasteiger partial charge on any atom is 0.323 e. The molecule has 0 radical (unpaired) electrons. The lowest BCUT2D eigenvalue weighted by Gasteiger charge is -2.14. The highest BCUT2D eigenvalue weighted by molar-refractivity contribution is 6.02. The number of ether oxygens (including phenoxy) is 5. The summed E-state index contributed by atoms with van der Waals surface area (Å²) in [5.74, 6) is -0.209. The summed E-state index contributed by atoms with van der Waals surface area (Å²) in [5.41, 5.74) is 11.3. The number of anilines is 2. The number of nitrogens with zero attached hydrogens (tertiary/aromatic N) is 3. The van der Waals surface area contributed by atoms with E-state index in [1.807, 2.05) is 12.1 Å². The van der Waals surface area contributed by atoms with Gasteiger partial charge in [-0.25, -0.2) is 4.79 Å². The Morgan fingerprint density at radius 3 is 2.08 bits per heavy atom. The standard InChI is InChI=1S/C33H48N8O8/c1-25-29(32(43)36-11-13-45-15-17-47-19-21-49-22-20-48-18-16-46-14-12-38-41-34)3-2-4-30(25)40-33(44)39-28-7-5-26(6-8-28)23-37-31(42)27-9-10-35-24-27/h2-8,27,35H,9-24H2,1H3,(H,36,43)(H,37,42)(H2,39,40,44)/t27-/m0/s1. The van der Waals surface area contributed by atoms with Crippen LogP contribution < -0.4 is 26.6 Å². The zero-order valence-corrected chi connectivity index (χ0v) is 28.0. The van der Waals surface area contributed by atoms with Crippen molar-refractivity contribution in [3.8, 4) is 0 Å². The van der Waals surface area contributed by atoms with E-state index in [1.54, 1.807) is 37.3 Å². The van der Waals surface area contributed by atoms with Crippen molar-refractivity contribution in [1.29, 1.82) is 0 Å². The van der Waals surface area contributed by atoms with E-state index in [9.17, 15) is 14.4 Å². The first-order chi connectivity index (χ1) is 24.0. The van der Waals surface area contributed by atoms with Gasteiger partial charge in [-0.2, -0.15) is 0 Å². The molecule has 4 amide bonds. The van der Waals surface area contributed by atoms with Crippen molar-refractivity contribution in [1.82, 2.24) is 16.0 Å². The maximum absolute atomic E-state index is 12.8. The highest BCUT2D eigenvalue weighted by atomic mass is 16.6. The number of nitrogens with one attached hydrogen (secondary N) is 5. The molecule has 16 nitrogen and oxygen atoms in total. The molecule has 1 fully saturated rings. The topological polar surface area (TPSA) is 206 Å². The van der Waals surface area contributed by atoms with Crippen LogP contribution in [0.2, 0.25) is 0 Å². The van der Waals surface area contributed by atoms with Crippen LogP contribution >= 0.6 is 0 Å². The van der Waals surface area contributed by atoms with Crippen molar-refractivity contribution in [3.05, 3.63) is 69.6 Å². The number of carbonyl (C=O) groups excluding carboxylic acids is 3. The third kappa shape index (κ3) is 16.1. The molecular formula is C33H48N8O8. The van der Waals surface area contributed by atoms with Crippen LogP contribution in [0.4, 0.5) is 16.2 Å². The molecule has 49 heavy (non-hydrogen) atoms. The summed E-state index contributed by atoms with van der Waals surface area (Å²) in [5, 5.41) is 18.0. The molecule has 2 aromatic carbocycles. The van der Waals surface area contributed by atoms with Crippen LogP contribution in [0.15, 0.2) is 47.6 Å². The lowest BCUT2D eigenvalue weighted by molar-refractivity contribution is -0.124. The van der Waals surface area contributed by atoms with Gasteiger partial charge in [0, 0.05) is 48.0 Å². The molecule has 2 aromatic rings. The lowest BCUT2D eigenvalue weighted by Crippen LogP contribution is -2.31. The Bertz CT molecular complexity index is 1330. The van der Waals surface area contributed by atoms with E-state index in [0.717, 1.165) is 18.5 Å². The Kier molecular flexibility index (Phi) is 19.1. The van der Waals surface area contributed by atoms with E-state index in [2.05, 4.69) is 36.6 Å². The van der Waals surface area contributed by atoms with Gasteiger partial charge in [-0.3, -0.25) is 9.59 Å². The number of azide groups is 1. The smallest absolute Gasteiger partial charge is 0.323 e. The van der Waals surface area contributed by atoms with Crippen molar-refractivity contribution in [2.75, 3.05) is 103 Å². The highest BCUT2D eigenvalue weighted by Gasteiger charge is 2.21. The molecular weight excluding hydrogens is 636 g/mol. The Balaban J connectivity index is 1.21. The van der Waals surface area contributed by atoms with Crippen molar-refractivity contribution in [3.63, 3.8) is 0 Å². The molecule has 0 saturated carbocycles. The van der Waals surface area contributed by atoms with Crippen LogP contribution in [0.3, 0.4) is 0 Å². The third-order valence-corrected chi connectivity index (χ3v) is 7.36. The normalized spacial score (nSPS) is 13.8.